The summed E-state index contributed by atoms with van der Waals surface area (Å²) in [5, 5.41) is 0. The smallest absolute Gasteiger partial charge is 0.156 e. The first-order chi connectivity index (χ1) is 16.9. The topological polar surface area (TPSA) is 38.8 Å². The minimum Gasteiger partial charge on any atom is -0.492 e. The molecule has 0 aromatic heterocycles. The second-order valence-electron chi connectivity index (χ2n) is 11.9. The van der Waals surface area contributed by atoms with Crippen molar-refractivity contribution in [3.8, 4) is 5.75 Å². The molecule has 1 aromatic rings. The second-order valence-corrected chi connectivity index (χ2v) is 11.9. The van der Waals surface area contributed by atoms with Crippen molar-refractivity contribution in [1.82, 2.24) is 4.90 Å². The van der Waals surface area contributed by atoms with Gasteiger partial charge in [-0.15, -0.1) is 0 Å². The Morgan fingerprint density at radius 2 is 1.94 bits per heavy atom. The van der Waals surface area contributed by atoms with Gasteiger partial charge in [0.2, 0.25) is 0 Å². The van der Waals surface area contributed by atoms with Crippen LogP contribution in [0.3, 0.4) is 0 Å². The van der Waals surface area contributed by atoms with Gasteiger partial charge in [-0.2, -0.15) is 0 Å². The van der Waals surface area contributed by atoms with Crippen LogP contribution in [0.25, 0.3) is 0 Å². The number of rotatable bonds is 5. The fraction of sp³-hybridized carbons (Fsp3) is 0.581. The van der Waals surface area contributed by atoms with Crippen LogP contribution in [0.2, 0.25) is 0 Å². The molecular formula is C31H39NO3. The maximum absolute atomic E-state index is 12.3. The molecule has 0 amide bonds. The maximum Gasteiger partial charge on any atom is 0.156 e. The molecule has 1 aromatic carbocycles. The quantitative estimate of drug-likeness (QED) is 0.503. The Hall–Kier alpha value is -2.17. The lowest BCUT2D eigenvalue weighted by molar-refractivity contribution is -0.114. The van der Waals surface area contributed by atoms with Crippen molar-refractivity contribution in [1.29, 1.82) is 0 Å². The van der Waals surface area contributed by atoms with E-state index in [0.29, 0.717) is 36.6 Å². The molecule has 4 aliphatic carbocycles. The Balaban J connectivity index is 1.39. The van der Waals surface area contributed by atoms with Gasteiger partial charge in [0.05, 0.1) is 12.2 Å². The predicted molar refractivity (Wildman–Crippen MR) is 139 cm³/mol. The van der Waals surface area contributed by atoms with Crippen molar-refractivity contribution in [2.45, 2.75) is 63.4 Å². The van der Waals surface area contributed by atoms with E-state index in [2.05, 4.69) is 62.3 Å². The lowest BCUT2D eigenvalue weighted by Crippen LogP contribution is -2.51. The number of benzene rings is 1. The summed E-state index contributed by atoms with van der Waals surface area (Å²) < 4.78 is 12.5. The fourth-order valence-corrected chi connectivity index (χ4v) is 8.12. The first kappa shape index (κ1) is 23.2. The third kappa shape index (κ3) is 3.76. The van der Waals surface area contributed by atoms with Crippen LogP contribution in [-0.4, -0.2) is 50.1 Å². The van der Waals surface area contributed by atoms with Crippen molar-refractivity contribution in [2.75, 3.05) is 33.9 Å². The van der Waals surface area contributed by atoms with Crippen LogP contribution in [0.15, 0.2) is 59.2 Å². The van der Waals surface area contributed by atoms with Gasteiger partial charge in [0.25, 0.3) is 0 Å². The van der Waals surface area contributed by atoms with Crippen LogP contribution in [-0.2, 0) is 9.53 Å². The van der Waals surface area contributed by atoms with Crippen LogP contribution in [0, 0.1) is 17.3 Å². The fourth-order valence-electron chi connectivity index (χ4n) is 8.12. The number of hydrogen-bond acceptors (Lipinski definition) is 4. The number of ketones is 1. The highest BCUT2D eigenvalue weighted by Gasteiger charge is 2.63. The van der Waals surface area contributed by atoms with Crippen LogP contribution < -0.4 is 4.74 Å². The van der Waals surface area contributed by atoms with E-state index in [1.807, 2.05) is 6.08 Å². The first-order valence-electron chi connectivity index (χ1n) is 13.6. The van der Waals surface area contributed by atoms with Crippen LogP contribution in [0.5, 0.6) is 5.75 Å². The Labute approximate surface area is 210 Å². The van der Waals surface area contributed by atoms with Gasteiger partial charge in [-0.3, -0.25) is 4.79 Å². The van der Waals surface area contributed by atoms with E-state index >= 15 is 0 Å². The normalized spacial score (nSPS) is 35.8. The molecule has 1 spiro atoms. The zero-order valence-electron chi connectivity index (χ0n) is 21.5. The highest BCUT2D eigenvalue weighted by molar-refractivity contribution is 5.93. The summed E-state index contributed by atoms with van der Waals surface area (Å²) >= 11 is 0. The molecular weight excluding hydrogens is 434 g/mol. The van der Waals surface area contributed by atoms with E-state index in [1.54, 1.807) is 5.57 Å². The number of fused-ring (bicyclic) bond motifs is 5. The van der Waals surface area contributed by atoms with Gasteiger partial charge < -0.3 is 14.4 Å². The van der Waals surface area contributed by atoms with Crippen molar-refractivity contribution in [3.05, 3.63) is 64.8 Å². The first-order valence-corrected chi connectivity index (χ1v) is 13.6. The summed E-state index contributed by atoms with van der Waals surface area (Å²) in [6, 6.07) is 8.89. The minimum absolute atomic E-state index is 0.111. The zero-order valence-corrected chi connectivity index (χ0v) is 21.5. The Morgan fingerprint density at radius 3 is 2.69 bits per heavy atom. The van der Waals surface area contributed by atoms with Gasteiger partial charge >= 0.3 is 0 Å². The van der Waals surface area contributed by atoms with E-state index < -0.39 is 0 Å². The lowest BCUT2D eigenvalue weighted by Gasteiger charge is -2.54. The summed E-state index contributed by atoms with van der Waals surface area (Å²) in [5.41, 5.74) is 5.90. The van der Waals surface area contributed by atoms with E-state index in [4.69, 9.17) is 9.47 Å². The van der Waals surface area contributed by atoms with Crippen LogP contribution in [0.4, 0.5) is 0 Å². The number of carbonyl (C=O) groups is 1. The summed E-state index contributed by atoms with van der Waals surface area (Å²) in [6.45, 7) is 4.87. The minimum atomic E-state index is -0.111. The van der Waals surface area contributed by atoms with Gasteiger partial charge in [-0.25, -0.2) is 0 Å². The standard InChI is InChI=1S/C31H39NO3/c1-30-20-27(21-5-9-24(10-6-21)34-18-16-32(2)3)29-25-12-8-23(33)19-22(25)7-11-26(29)28(30)13-15-31(30)14-4-17-35-31/h4-6,9-10,14,19,26-28H,7-8,11-13,15-18,20H2,1-3H3/t26-,27?,28-,30-,31?/m0/s1. The van der Waals surface area contributed by atoms with Crippen molar-refractivity contribution in [2.24, 2.45) is 17.3 Å². The SMILES string of the molecule is CN(C)CCOc1ccc(C2C[C@@]3(C)[C@@H](CCC34C=CCO4)[C@@H]3CCC4=CC(=O)CCC4=C23)cc1. The molecule has 1 heterocycles. The molecule has 6 rings (SSSR count). The number of likely N-dealkylation sites (N-methyl/N-ethyl adjacent to an activating group) is 1. The molecule has 4 nitrogen and oxygen atoms in total. The monoisotopic (exact) mass is 473 g/mol. The third-order valence-corrected chi connectivity index (χ3v) is 9.83. The number of carbonyl (C=O) groups excluding carboxylic acids is 1. The van der Waals surface area contributed by atoms with Gasteiger partial charge in [0, 0.05) is 24.3 Å². The van der Waals surface area contributed by atoms with Gasteiger partial charge in [0.1, 0.15) is 12.4 Å². The Bertz CT molecular complexity index is 1100. The van der Waals surface area contributed by atoms with Crippen molar-refractivity contribution < 1.29 is 14.3 Å². The zero-order chi connectivity index (χ0) is 24.2. The molecule has 2 saturated carbocycles. The molecule has 0 bridgehead atoms. The summed E-state index contributed by atoms with van der Waals surface area (Å²) in [7, 11) is 4.14. The van der Waals surface area contributed by atoms with Gasteiger partial charge in [-0.05, 0) is 99.4 Å². The van der Waals surface area contributed by atoms with E-state index in [1.165, 1.54) is 29.6 Å². The average molecular weight is 474 g/mol. The van der Waals surface area contributed by atoms with Crippen molar-refractivity contribution >= 4 is 5.78 Å². The number of ether oxygens (including phenoxy) is 2. The predicted octanol–water partition coefficient (Wildman–Crippen LogP) is 5.85. The molecule has 35 heavy (non-hydrogen) atoms. The number of allylic oxidation sites excluding steroid dienone is 4. The summed E-state index contributed by atoms with van der Waals surface area (Å²) in [4.78, 5) is 14.4. The van der Waals surface area contributed by atoms with Gasteiger partial charge in [-0.1, -0.05) is 36.8 Å². The highest BCUT2D eigenvalue weighted by Crippen LogP contribution is 2.68. The number of hydrogen-bond donors (Lipinski definition) is 0. The molecule has 5 aliphatic rings. The molecule has 0 saturated heterocycles. The maximum atomic E-state index is 12.3. The van der Waals surface area contributed by atoms with E-state index in [-0.39, 0.29) is 11.0 Å². The Kier molecular flexibility index (Phi) is 5.80. The van der Waals surface area contributed by atoms with Gasteiger partial charge in [0.15, 0.2) is 5.78 Å². The Morgan fingerprint density at radius 1 is 1.11 bits per heavy atom. The molecule has 5 atom stereocenters. The molecule has 0 radical (unpaired) electrons. The lowest BCUT2D eigenvalue weighted by atomic mass is 9.51. The van der Waals surface area contributed by atoms with E-state index in [0.717, 1.165) is 44.6 Å². The van der Waals surface area contributed by atoms with Crippen LogP contribution >= 0.6 is 0 Å². The summed E-state index contributed by atoms with van der Waals surface area (Å²) in [6.07, 6.45) is 13.9. The van der Waals surface area contributed by atoms with E-state index in [9.17, 15) is 4.79 Å². The van der Waals surface area contributed by atoms with Crippen molar-refractivity contribution in [3.63, 3.8) is 0 Å². The van der Waals surface area contributed by atoms with Crippen LogP contribution in [0.1, 0.15) is 63.4 Å². The summed E-state index contributed by atoms with van der Waals surface area (Å²) in [5.74, 6) is 2.86. The molecule has 2 fully saturated rings. The molecule has 0 N–H and O–H groups in total. The highest BCUT2D eigenvalue weighted by atomic mass is 16.5. The largest absolute Gasteiger partial charge is 0.492 e. The molecule has 2 unspecified atom stereocenters. The molecule has 1 aliphatic heterocycles. The molecule has 4 heteroatoms. The average Bonchev–Trinajstić information content (AvgIpc) is 3.44. The third-order valence-electron chi connectivity index (χ3n) is 9.83. The number of nitrogens with zero attached hydrogens (tertiary/aromatic N) is 1. The molecule has 186 valence electrons. The second kappa shape index (κ2) is 8.74.